The van der Waals surface area contributed by atoms with E-state index in [9.17, 15) is 20.2 Å². The molecule has 0 saturated carbocycles. The molecule has 1 aliphatic rings. The first kappa shape index (κ1) is 13.8. The third kappa shape index (κ3) is 2.71. The zero-order valence-corrected chi connectivity index (χ0v) is 10.6. The van der Waals surface area contributed by atoms with Crippen molar-refractivity contribution in [3.8, 4) is 11.5 Å². The Hall–Kier alpha value is -2.58. The lowest BCUT2D eigenvalue weighted by atomic mass is 10.0. The monoisotopic (exact) mass is 284 g/mol. The molecule has 0 radical (unpaired) electrons. The normalized spacial score (nSPS) is 14.4. The van der Waals surface area contributed by atoms with Crippen LogP contribution in [0.5, 0.6) is 11.5 Å². The van der Waals surface area contributed by atoms with E-state index in [1.165, 1.54) is 12.1 Å². The third-order valence-corrected chi connectivity index (χ3v) is 2.82. The highest BCUT2D eigenvalue weighted by Crippen LogP contribution is 2.40. The Labute approximate surface area is 113 Å². The van der Waals surface area contributed by atoms with Crippen LogP contribution in [-0.4, -0.2) is 23.2 Å². The molecule has 9 nitrogen and oxygen atoms in total. The van der Waals surface area contributed by atoms with Crippen LogP contribution in [0.2, 0.25) is 0 Å². The lowest BCUT2D eigenvalue weighted by Crippen LogP contribution is -2.17. The largest absolute Gasteiger partial charge is 0.486 e. The van der Waals surface area contributed by atoms with E-state index < -0.39 is 16.1 Å². The van der Waals surface area contributed by atoms with Crippen molar-refractivity contribution >= 4 is 5.69 Å². The number of nitro benzene ring substituents is 1. The van der Waals surface area contributed by atoms with E-state index in [1.54, 1.807) is 6.92 Å². The predicted octanol–water partition coefficient (Wildman–Crippen LogP) is 2.03. The van der Waals surface area contributed by atoms with Gasteiger partial charge in [0.05, 0.1) is 16.6 Å². The summed E-state index contributed by atoms with van der Waals surface area (Å²) >= 11 is 0. The highest BCUT2D eigenvalue weighted by Gasteiger charge is 2.28. The summed E-state index contributed by atoms with van der Waals surface area (Å²) in [6, 6.07) is 2.57. The van der Waals surface area contributed by atoms with Gasteiger partial charge in [0.1, 0.15) is 19.3 Å². The molecule has 20 heavy (non-hydrogen) atoms. The molecule has 9 heteroatoms. The molecule has 0 aromatic heterocycles. The zero-order valence-electron chi connectivity index (χ0n) is 10.6. The number of fused-ring (bicyclic) bond motifs is 1. The minimum absolute atomic E-state index is 0.0958. The summed E-state index contributed by atoms with van der Waals surface area (Å²) in [4.78, 5) is 25.4. The molecular weight excluding hydrogens is 272 g/mol. The third-order valence-electron chi connectivity index (χ3n) is 2.82. The molecule has 0 bridgehead atoms. The average Bonchev–Trinajstić information content (AvgIpc) is 2.43. The first-order valence-electron chi connectivity index (χ1n) is 5.92. The molecule has 1 aliphatic heterocycles. The van der Waals surface area contributed by atoms with Gasteiger partial charge in [0, 0.05) is 0 Å². The van der Waals surface area contributed by atoms with Crippen molar-refractivity contribution in [2.75, 3.05) is 13.2 Å². The number of rotatable bonds is 5. The molecule has 1 atom stereocenters. The lowest BCUT2D eigenvalue weighted by Gasteiger charge is -2.21. The zero-order chi connectivity index (χ0) is 14.7. The summed E-state index contributed by atoms with van der Waals surface area (Å²) in [5.41, 5.74) is -0.193. The van der Waals surface area contributed by atoms with Crippen molar-refractivity contribution in [3.05, 3.63) is 37.9 Å². The quantitative estimate of drug-likeness (QED) is 0.600. The maximum atomic E-state index is 11.1. The number of nitrogens with zero attached hydrogens (tertiary/aromatic N) is 2. The molecular formula is C11H12N2O7. The molecule has 1 aromatic carbocycles. The van der Waals surface area contributed by atoms with Gasteiger partial charge < -0.3 is 14.3 Å². The Balaban J connectivity index is 2.48. The fourth-order valence-corrected chi connectivity index (χ4v) is 1.96. The van der Waals surface area contributed by atoms with E-state index in [0.29, 0.717) is 19.0 Å². The number of hydrogen-bond donors (Lipinski definition) is 0. The van der Waals surface area contributed by atoms with Gasteiger partial charge in [-0.05, 0) is 12.5 Å². The molecule has 108 valence electrons. The van der Waals surface area contributed by atoms with Crippen LogP contribution in [0.25, 0.3) is 0 Å². The fourth-order valence-electron chi connectivity index (χ4n) is 1.96. The number of hydrogen-bond acceptors (Lipinski definition) is 7. The van der Waals surface area contributed by atoms with Crippen molar-refractivity contribution in [2.24, 2.45) is 0 Å². The number of benzene rings is 1. The molecule has 0 fully saturated rings. The highest BCUT2D eigenvalue weighted by atomic mass is 17.0. The van der Waals surface area contributed by atoms with Gasteiger partial charge in [0.2, 0.25) is 0 Å². The van der Waals surface area contributed by atoms with E-state index in [2.05, 4.69) is 4.84 Å². The smallest absolute Gasteiger partial charge is 0.295 e. The Bertz CT molecular complexity index is 546. The van der Waals surface area contributed by atoms with Crippen LogP contribution in [0.1, 0.15) is 25.0 Å². The summed E-state index contributed by atoms with van der Waals surface area (Å²) in [7, 11) is 0. The molecule has 0 N–H and O–H groups in total. The van der Waals surface area contributed by atoms with E-state index in [0.717, 1.165) is 0 Å². The second-order valence-electron chi connectivity index (χ2n) is 4.04. The van der Waals surface area contributed by atoms with E-state index >= 15 is 0 Å². The predicted molar refractivity (Wildman–Crippen MR) is 65.2 cm³/mol. The van der Waals surface area contributed by atoms with Gasteiger partial charge in [-0.25, -0.2) is 0 Å². The van der Waals surface area contributed by atoms with Gasteiger partial charge in [0.25, 0.3) is 10.8 Å². The Morgan fingerprint density at radius 2 is 1.85 bits per heavy atom. The van der Waals surface area contributed by atoms with Crippen LogP contribution in [0.15, 0.2) is 12.1 Å². The molecule has 0 saturated heterocycles. The fraction of sp³-hybridized carbons (Fsp3) is 0.455. The van der Waals surface area contributed by atoms with Crippen LogP contribution < -0.4 is 9.47 Å². The Kier molecular flexibility index (Phi) is 3.87. The van der Waals surface area contributed by atoms with Crippen molar-refractivity contribution in [3.63, 3.8) is 0 Å². The minimum Gasteiger partial charge on any atom is -0.486 e. The van der Waals surface area contributed by atoms with Crippen molar-refractivity contribution < 1.29 is 24.3 Å². The maximum absolute atomic E-state index is 11.1. The molecule has 2 rings (SSSR count). The van der Waals surface area contributed by atoms with Crippen LogP contribution in [0.3, 0.4) is 0 Å². The number of ether oxygens (including phenoxy) is 2. The molecule has 0 amide bonds. The average molecular weight is 284 g/mol. The molecule has 0 unspecified atom stereocenters. The Morgan fingerprint density at radius 1 is 1.25 bits per heavy atom. The maximum Gasteiger partial charge on any atom is 0.295 e. The highest BCUT2D eigenvalue weighted by molar-refractivity contribution is 5.55. The van der Waals surface area contributed by atoms with Gasteiger partial charge in [-0.1, -0.05) is 6.92 Å². The first-order valence-corrected chi connectivity index (χ1v) is 5.92. The van der Waals surface area contributed by atoms with E-state index in [4.69, 9.17) is 9.47 Å². The summed E-state index contributed by atoms with van der Waals surface area (Å²) in [6.07, 6.45) is -0.817. The topological polar surface area (TPSA) is 114 Å². The van der Waals surface area contributed by atoms with E-state index in [-0.39, 0.29) is 23.4 Å². The first-order chi connectivity index (χ1) is 9.52. The van der Waals surface area contributed by atoms with Crippen molar-refractivity contribution in [1.29, 1.82) is 0 Å². The van der Waals surface area contributed by atoms with Crippen molar-refractivity contribution in [2.45, 2.75) is 19.4 Å². The van der Waals surface area contributed by atoms with Gasteiger partial charge in [-0.2, -0.15) is 0 Å². The molecule has 1 heterocycles. The van der Waals surface area contributed by atoms with Gasteiger partial charge in [-0.15, -0.1) is 10.1 Å². The van der Waals surface area contributed by atoms with Gasteiger partial charge >= 0.3 is 0 Å². The van der Waals surface area contributed by atoms with Crippen LogP contribution in [-0.2, 0) is 4.84 Å². The summed E-state index contributed by atoms with van der Waals surface area (Å²) in [6.45, 7) is 2.25. The second kappa shape index (κ2) is 5.59. The number of nitro groups is 1. The van der Waals surface area contributed by atoms with E-state index in [1.807, 2.05) is 0 Å². The summed E-state index contributed by atoms with van der Waals surface area (Å²) in [5.74, 6) is 0.574. The Morgan fingerprint density at radius 3 is 2.35 bits per heavy atom. The minimum atomic E-state index is -1.03. The van der Waals surface area contributed by atoms with Crippen LogP contribution >= 0.6 is 0 Å². The SMILES string of the molecule is CC[C@H](O[N+](=O)[O-])c1cc2c(cc1[N+](=O)[O-])OCCO2. The van der Waals surface area contributed by atoms with Gasteiger partial charge in [-0.3, -0.25) is 10.1 Å². The molecule has 1 aromatic rings. The molecule has 0 aliphatic carbocycles. The summed E-state index contributed by atoms with van der Waals surface area (Å²) in [5, 5.41) is 20.6. The van der Waals surface area contributed by atoms with Crippen LogP contribution in [0, 0.1) is 20.2 Å². The lowest BCUT2D eigenvalue weighted by molar-refractivity contribution is -0.771. The van der Waals surface area contributed by atoms with Crippen LogP contribution in [0.4, 0.5) is 5.69 Å². The van der Waals surface area contributed by atoms with Crippen molar-refractivity contribution in [1.82, 2.24) is 0 Å². The standard InChI is InChI=1S/C11H12N2O7/c1-2-9(20-13(16)17)7-5-10-11(19-4-3-18-10)6-8(7)12(14)15/h5-6,9H,2-4H2,1H3/t9-/m0/s1. The second-order valence-corrected chi connectivity index (χ2v) is 4.04. The summed E-state index contributed by atoms with van der Waals surface area (Å²) < 4.78 is 10.6. The van der Waals surface area contributed by atoms with Gasteiger partial charge in [0.15, 0.2) is 11.5 Å². The molecule has 0 spiro atoms.